The van der Waals surface area contributed by atoms with Gasteiger partial charge in [0.25, 0.3) is 0 Å². The summed E-state index contributed by atoms with van der Waals surface area (Å²) in [6.45, 7) is 1.64. The molecule has 1 aromatic heterocycles. The number of fused-ring (bicyclic) bond motifs is 1. The fourth-order valence-electron chi connectivity index (χ4n) is 2.42. The SMILES string of the molecule is ClC(Cc1nc2ccccc2o1)C1CCOCC1. The van der Waals surface area contributed by atoms with Gasteiger partial charge in [-0.3, -0.25) is 0 Å². The molecule has 1 aliphatic heterocycles. The van der Waals surface area contributed by atoms with Crippen molar-refractivity contribution >= 4 is 22.7 Å². The average molecular weight is 266 g/mol. The van der Waals surface area contributed by atoms with Gasteiger partial charge in [-0.15, -0.1) is 11.6 Å². The van der Waals surface area contributed by atoms with Gasteiger partial charge in [0.1, 0.15) is 5.52 Å². The van der Waals surface area contributed by atoms with E-state index in [0.29, 0.717) is 12.3 Å². The van der Waals surface area contributed by atoms with Crippen molar-refractivity contribution in [2.75, 3.05) is 13.2 Å². The lowest BCUT2D eigenvalue weighted by atomic mass is 9.94. The Morgan fingerprint density at radius 2 is 2.06 bits per heavy atom. The van der Waals surface area contributed by atoms with Gasteiger partial charge in [0.15, 0.2) is 11.5 Å². The van der Waals surface area contributed by atoms with E-state index in [-0.39, 0.29) is 5.38 Å². The van der Waals surface area contributed by atoms with E-state index in [9.17, 15) is 0 Å². The molecule has 2 heterocycles. The molecular formula is C14H16ClNO2. The van der Waals surface area contributed by atoms with Crippen molar-refractivity contribution in [1.82, 2.24) is 4.98 Å². The van der Waals surface area contributed by atoms with Crippen LogP contribution in [0, 0.1) is 5.92 Å². The lowest BCUT2D eigenvalue weighted by Crippen LogP contribution is -2.25. The van der Waals surface area contributed by atoms with E-state index in [0.717, 1.165) is 43.0 Å². The number of para-hydroxylation sites is 2. The van der Waals surface area contributed by atoms with E-state index < -0.39 is 0 Å². The van der Waals surface area contributed by atoms with Gasteiger partial charge in [0.05, 0.1) is 0 Å². The number of rotatable bonds is 3. The van der Waals surface area contributed by atoms with Crippen molar-refractivity contribution < 1.29 is 9.15 Å². The number of oxazole rings is 1. The predicted molar refractivity (Wildman–Crippen MR) is 70.9 cm³/mol. The first-order valence-electron chi connectivity index (χ1n) is 6.39. The van der Waals surface area contributed by atoms with Crippen LogP contribution in [0.3, 0.4) is 0 Å². The molecule has 0 radical (unpaired) electrons. The third kappa shape index (κ3) is 2.52. The number of ether oxygens (including phenoxy) is 1. The molecule has 96 valence electrons. The van der Waals surface area contributed by atoms with E-state index in [4.69, 9.17) is 20.8 Å². The van der Waals surface area contributed by atoms with Crippen LogP contribution in [-0.2, 0) is 11.2 Å². The summed E-state index contributed by atoms with van der Waals surface area (Å²) in [5.41, 5.74) is 1.74. The summed E-state index contributed by atoms with van der Waals surface area (Å²) in [7, 11) is 0. The summed E-state index contributed by atoms with van der Waals surface area (Å²) in [6, 6.07) is 7.81. The minimum Gasteiger partial charge on any atom is -0.441 e. The number of halogens is 1. The molecule has 0 spiro atoms. The monoisotopic (exact) mass is 265 g/mol. The number of benzene rings is 1. The predicted octanol–water partition coefficient (Wildman–Crippen LogP) is 3.40. The molecule has 1 fully saturated rings. The summed E-state index contributed by atoms with van der Waals surface area (Å²) in [6.07, 6.45) is 2.77. The van der Waals surface area contributed by atoms with Crippen LogP contribution in [0.2, 0.25) is 0 Å². The Kier molecular flexibility index (Phi) is 3.52. The first kappa shape index (κ1) is 12.0. The highest BCUT2D eigenvalue weighted by Crippen LogP contribution is 2.26. The molecule has 0 N–H and O–H groups in total. The molecule has 1 aliphatic rings. The topological polar surface area (TPSA) is 35.3 Å². The first-order valence-corrected chi connectivity index (χ1v) is 6.83. The Morgan fingerprint density at radius 3 is 2.83 bits per heavy atom. The lowest BCUT2D eigenvalue weighted by molar-refractivity contribution is 0.0647. The highest BCUT2D eigenvalue weighted by atomic mass is 35.5. The molecule has 0 saturated carbocycles. The molecule has 1 saturated heterocycles. The Bertz CT molecular complexity index is 486. The molecule has 3 nitrogen and oxygen atoms in total. The summed E-state index contributed by atoms with van der Waals surface area (Å²) in [5.74, 6) is 1.25. The largest absolute Gasteiger partial charge is 0.441 e. The van der Waals surface area contributed by atoms with Crippen LogP contribution in [-0.4, -0.2) is 23.6 Å². The van der Waals surface area contributed by atoms with Crippen LogP contribution in [0.25, 0.3) is 11.1 Å². The Hall–Kier alpha value is -1.06. The van der Waals surface area contributed by atoms with Crippen LogP contribution < -0.4 is 0 Å². The molecule has 0 aliphatic carbocycles. The molecule has 1 aromatic carbocycles. The van der Waals surface area contributed by atoms with Crippen molar-refractivity contribution in [3.05, 3.63) is 30.2 Å². The standard InChI is InChI=1S/C14H16ClNO2/c15-11(10-5-7-17-8-6-10)9-14-16-12-3-1-2-4-13(12)18-14/h1-4,10-11H,5-9H2. The molecule has 0 amide bonds. The zero-order chi connectivity index (χ0) is 12.4. The molecule has 18 heavy (non-hydrogen) atoms. The maximum Gasteiger partial charge on any atom is 0.196 e. The summed E-state index contributed by atoms with van der Waals surface area (Å²) in [4.78, 5) is 4.47. The number of hydrogen-bond donors (Lipinski definition) is 0. The van der Waals surface area contributed by atoms with Crippen molar-refractivity contribution in [1.29, 1.82) is 0 Å². The van der Waals surface area contributed by atoms with E-state index >= 15 is 0 Å². The molecule has 1 atom stereocenters. The number of nitrogens with zero attached hydrogens (tertiary/aromatic N) is 1. The minimum atomic E-state index is 0.0852. The van der Waals surface area contributed by atoms with Gasteiger partial charge in [0, 0.05) is 25.0 Å². The van der Waals surface area contributed by atoms with Crippen LogP contribution in [0.15, 0.2) is 28.7 Å². The minimum absolute atomic E-state index is 0.0852. The van der Waals surface area contributed by atoms with E-state index in [1.54, 1.807) is 0 Å². The first-order chi connectivity index (χ1) is 8.83. The van der Waals surface area contributed by atoms with Gasteiger partial charge < -0.3 is 9.15 Å². The quantitative estimate of drug-likeness (QED) is 0.798. The van der Waals surface area contributed by atoms with Crippen molar-refractivity contribution in [3.63, 3.8) is 0 Å². The van der Waals surface area contributed by atoms with Gasteiger partial charge >= 0.3 is 0 Å². The molecule has 0 bridgehead atoms. The normalized spacial score (nSPS) is 19.2. The van der Waals surface area contributed by atoms with E-state index in [1.807, 2.05) is 24.3 Å². The zero-order valence-corrected chi connectivity index (χ0v) is 10.9. The van der Waals surface area contributed by atoms with Crippen molar-refractivity contribution in [2.24, 2.45) is 5.92 Å². The van der Waals surface area contributed by atoms with E-state index in [1.165, 1.54) is 0 Å². The molecule has 1 unspecified atom stereocenters. The van der Waals surface area contributed by atoms with Crippen LogP contribution in [0.1, 0.15) is 18.7 Å². The number of aromatic nitrogens is 1. The summed E-state index contributed by atoms with van der Waals surface area (Å²) >= 11 is 6.47. The lowest BCUT2D eigenvalue weighted by Gasteiger charge is -2.25. The second-order valence-corrected chi connectivity index (χ2v) is 5.31. The highest BCUT2D eigenvalue weighted by molar-refractivity contribution is 6.20. The van der Waals surface area contributed by atoms with Crippen LogP contribution in [0.4, 0.5) is 0 Å². The van der Waals surface area contributed by atoms with Gasteiger partial charge in [-0.25, -0.2) is 4.98 Å². The fraction of sp³-hybridized carbons (Fsp3) is 0.500. The van der Waals surface area contributed by atoms with Gasteiger partial charge in [0.2, 0.25) is 0 Å². The molecule has 2 aromatic rings. The number of hydrogen-bond acceptors (Lipinski definition) is 3. The van der Waals surface area contributed by atoms with Gasteiger partial charge in [-0.1, -0.05) is 12.1 Å². The molecule has 3 rings (SSSR count). The summed E-state index contributed by atoms with van der Waals surface area (Å²) in [5, 5.41) is 0.0852. The van der Waals surface area contributed by atoms with Crippen molar-refractivity contribution in [2.45, 2.75) is 24.6 Å². The van der Waals surface area contributed by atoms with Crippen LogP contribution >= 0.6 is 11.6 Å². The maximum atomic E-state index is 6.47. The van der Waals surface area contributed by atoms with Crippen molar-refractivity contribution in [3.8, 4) is 0 Å². The average Bonchev–Trinajstić information content (AvgIpc) is 2.82. The summed E-state index contributed by atoms with van der Waals surface area (Å²) < 4.78 is 11.1. The van der Waals surface area contributed by atoms with Gasteiger partial charge in [-0.2, -0.15) is 0 Å². The maximum absolute atomic E-state index is 6.47. The Morgan fingerprint density at radius 1 is 1.28 bits per heavy atom. The third-order valence-corrected chi connectivity index (χ3v) is 4.00. The third-order valence-electron chi connectivity index (χ3n) is 3.49. The second-order valence-electron chi connectivity index (χ2n) is 4.75. The molecular weight excluding hydrogens is 250 g/mol. The number of alkyl halides is 1. The molecule has 4 heteroatoms. The Labute approximate surface area is 111 Å². The Balaban J connectivity index is 1.71. The smallest absolute Gasteiger partial charge is 0.196 e. The van der Waals surface area contributed by atoms with Gasteiger partial charge in [-0.05, 0) is 30.9 Å². The highest BCUT2D eigenvalue weighted by Gasteiger charge is 2.24. The zero-order valence-electron chi connectivity index (χ0n) is 10.1. The second kappa shape index (κ2) is 5.29. The fourth-order valence-corrected chi connectivity index (χ4v) is 2.80. The van der Waals surface area contributed by atoms with Crippen LogP contribution in [0.5, 0.6) is 0 Å². The van der Waals surface area contributed by atoms with E-state index in [2.05, 4.69) is 4.98 Å².